The standard InChI is InChI=1S/C22H22N4O3S2/c1-26-21(14-10-11-31(28,29)13-14)24-25-22(26)30-12-19(27)23-20-17-8-4-2-6-15(17)16-7-3-5-9-18(16)20/h2-9,14,20H,10-13H2,1H3,(H,23,27). The molecule has 1 aromatic heterocycles. The van der Waals surface area contributed by atoms with Crippen LogP contribution in [-0.4, -0.2) is 46.3 Å². The molecule has 9 heteroatoms. The number of carbonyl (C=O) groups is 1. The number of nitrogens with zero attached hydrogens (tertiary/aromatic N) is 3. The Morgan fingerprint density at radius 2 is 1.74 bits per heavy atom. The van der Waals surface area contributed by atoms with Gasteiger partial charge in [-0.25, -0.2) is 8.42 Å². The third kappa shape index (κ3) is 3.76. The Hall–Kier alpha value is -2.65. The highest BCUT2D eigenvalue weighted by Gasteiger charge is 2.33. The predicted octanol–water partition coefficient (Wildman–Crippen LogP) is 2.70. The van der Waals surface area contributed by atoms with Crippen molar-refractivity contribution in [1.29, 1.82) is 0 Å². The minimum Gasteiger partial charge on any atom is -0.344 e. The lowest BCUT2D eigenvalue weighted by atomic mass is 10.1. The summed E-state index contributed by atoms with van der Waals surface area (Å²) in [5.41, 5.74) is 4.51. The van der Waals surface area contributed by atoms with Crippen molar-refractivity contribution >= 4 is 27.5 Å². The summed E-state index contributed by atoms with van der Waals surface area (Å²) in [6.45, 7) is 0. The van der Waals surface area contributed by atoms with Crippen molar-refractivity contribution in [3.8, 4) is 11.1 Å². The molecule has 0 saturated carbocycles. The third-order valence-electron chi connectivity index (χ3n) is 5.94. The molecule has 0 bridgehead atoms. The summed E-state index contributed by atoms with van der Waals surface area (Å²) < 4.78 is 25.4. The quantitative estimate of drug-likeness (QED) is 0.596. The number of fused-ring (bicyclic) bond motifs is 3. The monoisotopic (exact) mass is 454 g/mol. The molecule has 2 aliphatic rings. The van der Waals surface area contributed by atoms with Gasteiger partial charge in [0.1, 0.15) is 5.82 Å². The molecule has 7 nitrogen and oxygen atoms in total. The molecule has 160 valence electrons. The van der Waals surface area contributed by atoms with E-state index in [0.717, 1.165) is 22.3 Å². The molecule has 1 N–H and O–H groups in total. The smallest absolute Gasteiger partial charge is 0.231 e. The largest absolute Gasteiger partial charge is 0.344 e. The van der Waals surface area contributed by atoms with E-state index < -0.39 is 9.84 Å². The molecule has 31 heavy (non-hydrogen) atoms. The second-order valence-electron chi connectivity index (χ2n) is 7.96. The van der Waals surface area contributed by atoms with Gasteiger partial charge in [0.25, 0.3) is 0 Å². The summed E-state index contributed by atoms with van der Waals surface area (Å²) in [6, 6.07) is 16.1. The molecule has 5 rings (SSSR count). The fourth-order valence-corrected chi connectivity index (χ4v) is 6.92. The highest BCUT2D eigenvalue weighted by atomic mass is 32.2. The van der Waals surface area contributed by atoms with Crippen LogP contribution in [0.4, 0.5) is 0 Å². The number of rotatable bonds is 5. The number of hydrogen-bond acceptors (Lipinski definition) is 6. The van der Waals surface area contributed by atoms with Crippen LogP contribution in [0.1, 0.15) is 35.3 Å². The number of sulfone groups is 1. The molecule has 0 radical (unpaired) electrons. The van der Waals surface area contributed by atoms with Crippen LogP contribution in [0.5, 0.6) is 0 Å². The SMILES string of the molecule is Cn1c(SCC(=O)NC2c3ccccc3-c3ccccc32)nnc1C1CCS(=O)(=O)C1. The first kappa shape index (κ1) is 20.3. The van der Waals surface area contributed by atoms with Crippen LogP contribution in [0.25, 0.3) is 11.1 Å². The van der Waals surface area contributed by atoms with Gasteiger partial charge in [-0.15, -0.1) is 10.2 Å². The predicted molar refractivity (Wildman–Crippen MR) is 120 cm³/mol. The molecule has 1 atom stereocenters. The Morgan fingerprint density at radius 1 is 1.10 bits per heavy atom. The van der Waals surface area contributed by atoms with Crippen molar-refractivity contribution in [2.24, 2.45) is 7.05 Å². The van der Waals surface area contributed by atoms with E-state index in [9.17, 15) is 13.2 Å². The van der Waals surface area contributed by atoms with Gasteiger partial charge in [0.05, 0.1) is 23.3 Å². The maximum Gasteiger partial charge on any atom is 0.231 e. The minimum atomic E-state index is -2.99. The molecule has 0 spiro atoms. The van der Waals surface area contributed by atoms with Crippen molar-refractivity contribution in [2.45, 2.75) is 23.5 Å². The Balaban J connectivity index is 1.27. The second kappa shape index (κ2) is 7.80. The van der Waals surface area contributed by atoms with Crippen molar-refractivity contribution in [1.82, 2.24) is 20.1 Å². The fraction of sp³-hybridized carbons (Fsp3) is 0.318. The number of benzene rings is 2. The highest BCUT2D eigenvalue weighted by molar-refractivity contribution is 7.99. The van der Waals surface area contributed by atoms with Gasteiger partial charge in [-0.05, 0) is 28.7 Å². The van der Waals surface area contributed by atoms with Crippen molar-refractivity contribution in [3.63, 3.8) is 0 Å². The van der Waals surface area contributed by atoms with E-state index >= 15 is 0 Å². The van der Waals surface area contributed by atoms with Crippen molar-refractivity contribution < 1.29 is 13.2 Å². The van der Waals surface area contributed by atoms with Crippen LogP contribution < -0.4 is 5.32 Å². The molecule has 1 saturated heterocycles. The second-order valence-corrected chi connectivity index (χ2v) is 11.1. The molecule has 1 aliphatic heterocycles. The Morgan fingerprint density at radius 3 is 2.35 bits per heavy atom. The molecule has 1 unspecified atom stereocenters. The molecule has 1 fully saturated rings. The third-order valence-corrected chi connectivity index (χ3v) is 8.73. The van der Waals surface area contributed by atoms with Gasteiger partial charge in [0.15, 0.2) is 15.0 Å². The topological polar surface area (TPSA) is 93.9 Å². The van der Waals surface area contributed by atoms with Gasteiger partial charge in [-0.1, -0.05) is 60.3 Å². The van der Waals surface area contributed by atoms with Crippen molar-refractivity contribution in [3.05, 3.63) is 65.5 Å². The number of hydrogen-bond donors (Lipinski definition) is 1. The zero-order chi connectivity index (χ0) is 21.6. The number of amides is 1. The summed E-state index contributed by atoms with van der Waals surface area (Å²) in [5, 5.41) is 12.2. The maximum atomic E-state index is 12.8. The lowest BCUT2D eigenvalue weighted by Crippen LogP contribution is -2.29. The maximum absolute atomic E-state index is 12.8. The van der Waals surface area contributed by atoms with Gasteiger partial charge in [0.2, 0.25) is 5.91 Å². The van der Waals surface area contributed by atoms with Crippen molar-refractivity contribution in [2.75, 3.05) is 17.3 Å². The Kier molecular flexibility index (Phi) is 5.10. The number of aromatic nitrogens is 3. The molecule has 1 aliphatic carbocycles. The molecule has 3 aromatic rings. The van der Waals surface area contributed by atoms with E-state index in [0.29, 0.717) is 17.4 Å². The van der Waals surface area contributed by atoms with Crippen LogP contribution in [0.3, 0.4) is 0 Å². The van der Waals surface area contributed by atoms with E-state index in [1.807, 2.05) is 35.9 Å². The first-order chi connectivity index (χ1) is 14.9. The lowest BCUT2D eigenvalue weighted by Gasteiger charge is -2.15. The van der Waals surface area contributed by atoms with E-state index in [-0.39, 0.29) is 35.1 Å². The van der Waals surface area contributed by atoms with E-state index in [1.54, 1.807) is 0 Å². The summed E-state index contributed by atoms with van der Waals surface area (Å²) in [5.74, 6) is 0.967. The lowest BCUT2D eigenvalue weighted by molar-refractivity contribution is -0.119. The van der Waals surface area contributed by atoms with Crippen LogP contribution >= 0.6 is 11.8 Å². The zero-order valence-corrected chi connectivity index (χ0v) is 18.6. The first-order valence-corrected chi connectivity index (χ1v) is 12.9. The molecular weight excluding hydrogens is 432 g/mol. The van der Waals surface area contributed by atoms with E-state index in [4.69, 9.17) is 0 Å². The van der Waals surface area contributed by atoms with Crippen LogP contribution in [0, 0.1) is 0 Å². The molecule has 2 heterocycles. The molecular formula is C22H22N4O3S2. The Labute approximate surface area is 185 Å². The highest BCUT2D eigenvalue weighted by Crippen LogP contribution is 2.43. The van der Waals surface area contributed by atoms with Gasteiger partial charge in [0, 0.05) is 13.0 Å². The van der Waals surface area contributed by atoms with Crippen LogP contribution in [0.2, 0.25) is 0 Å². The summed E-state index contributed by atoms with van der Waals surface area (Å²) >= 11 is 1.31. The normalized spacial score (nSPS) is 19.2. The minimum absolute atomic E-state index is 0.0884. The van der Waals surface area contributed by atoms with Gasteiger partial charge in [-0.3, -0.25) is 4.79 Å². The average Bonchev–Trinajstić information content (AvgIpc) is 3.41. The number of thioether (sulfide) groups is 1. The summed E-state index contributed by atoms with van der Waals surface area (Å²) in [7, 11) is -1.17. The van der Waals surface area contributed by atoms with Crippen LogP contribution in [0.15, 0.2) is 53.7 Å². The van der Waals surface area contributed by atoms with Gasteiger partial charge in [-0.2, -0.15) is 0 Å². The molecule has 1 amide bonds. The summed E-state index contributed by atoms with van der Waals surface area (Å²) in [6.07, 6.45) is 0.569. The van der Waals surface area contributed by atoms with Gasteiger partial charge < -0.3 is 9.88 Å². The fourth-order valence-electron chi connectivity index (χ4n) is 4.45. The Bertz CT molecular complexity index is 1220. The van der Waals surface area contributed by atoms with E-state index in [2.05, 4.69) is 39.8 Å². The number of carbonyl (C=O) groups excluding carboxylic acids is 1. The average molecular weight is 455 g/mol. The first-order valence-electron chi connectivity index (χ1n) is 10.1. The van der Waals surface area contributed by atoms with Gasteiger partial charge >= 0.3 is 0 Å². The van der Waals surface area contributed by atoms with Crippen LogP contribution in [-0.2, 0) is 21.7 Å². The summed E-state index contributed by atoms with van der Waals surface area (Å²) in [4.78, 5) is 12.8. The van der Waals surface area contributed by atoms with E-state index in [1.165, 1.54) is 11.8 Å². The zero-order valence-electron chi connectivity index (χ0n) is 17.0. The number of nitrogens with one attached hydrogen (secondary N) is 1. The molecule has 2 aromatic carbocycles.